The summed E-state index contributed by atoms with van der Waals surface area (Å²) in [6.45, 7) is 3.31. The second-order valence-electron chi connectivity index (χ2n) is 6.43. The van der Waals surface area contributed by atoms with Gasteiger partial charge in [0.05, 0.1) is 24.9 Å². The lowest BCUT2D eigenvalue weighted by molar-refractivity contribution is -0.123. The van der Waals surface area contributed by atoms with Crippen LogP contribution in [-0.2, 0) is 9.53 Å². The Kier molecular flexibility index (Phi) is 9.22. The molecule has 0 saturated heterocycles. The predicted molar refractivity (Wildman–Crippen MR) is 108 cm³/mol. The Bertz CT molecular complexity index is 870. The maximum absolute atomic E-state index is 13.5. The van der Waals surface area contributed by atoms with Gasteiger partial charge in [-0.25, -0.2) is 9.38 Å². The van der Waals surface area contributed by atoms with Crippen LogP contribution in [0, 0.1) is 11.2 Å². The van der Waals surface area contributed by atoms with Crippen molar-refractivity contribution in [2.45, 2.75) is 26.9 Å². The maximum atomic E-state index is 13.5. The van der Waals surface area contributed by atoms with Crippen molar-refractivity contribution in [3.63, 3.8) is 0 Å². The van der Waals surface area contributed by atoms with E-state index in [1.54, 1.807) is 19.9 Å². The Labute approximate surface area is 172 Å². The number of ether oxygens (including phenoxy) is 1. The largest absolute Gasteiger partial charge is 0.483 e. The van der Waals surface area contributed by atoms with E-state index in [-0.39, 0.29) is 23.7 Å². The molecule has 0 saturated carbocycles. The van der Waals surface area contributed by atoms with Crippen LogP contribution in [0.2, 0.25) is 0 Å². The van der Waals surface area contributed by atoms with Crippen molar-refractivity contribution < 1.29 is 27.1 Å². The summed E-state index contributed by atoms with van der Waals surface area (Å²) in [5.41, 5.74) is 1.26. The number of nitrogens with zero attached hydrogens (tertiary/aromatic N) is 1. The Balaban J connectivity index is 2.97. The molecule has 0 spiro atoms. The minimum Gasteiger partial charge on any atom is -0.483 e. The molecule has 3 N–H and O–H groups in total. The third kappa shape index (κ3) is 8.46. The van der Waals surface area contributed by atoms with Gasteiger partial charge in [-0.2, -0.15) is 13.2 Å². The van der Waals surface area contributed by atoms with Gasteiger partial charge in [-0.15, -0.1) is 0 Å². The van der Waals surface area contributed by atoms with E-state index in [9.17, 15) is 22.4 Å². The van der Waals surface area contributed by atoms with Crippen LogP contribution in [0.25, 0.3) is 5.70 Å². The lowest BCUT2D eigenvalue weighted by Crippen LogP contribution is -2.34. The highest BCUT2D eigenvalue weighted by atomic mass is 19.4. The third-order valence-electron chi connectivity index (χ3n) is 3.64. The molecule has 0 atom stereocenters. The highest BCUT2D eigenvalue weighted by molar-refractivity contribution is 6.19. The zero-order chi connectivity index (χ0) is 22.9. The number of nitrogens with one attached hydrogen (secondary N) is 3. The van der Waals surface area contributed by atoms with Crippen LogP contribution < -0.4 is 10.6 Å². The number of alkyl halides is 3. The molecule has 10 heteroatoms. The summed E-state index contributed by atoms with van der Waals surface area (Å²) >= 11 is 0. The zero-order valence-electron chi connectivity index (χ0n) is 17.1. The molecule has 164 valence electrons. The Morgan fingerprint density at radius 3 is 2.43 bits per heavy atom. The first-order valence-electron chi connectivity index (χ1n) is 8.83. The number of hydrogen-bond acceptors (Lipinski definition) is 5. The van der Waals surface area contributed by atoms with Crippen molar-refractivity contribution in [1.82, 2.24) is 10.6 Å². The molecule has 0 aliphatic rings. The quantitative estimate of drug-likeness (QED) is 0.255. The van der Waals surface area contributed by atoms with Crippen LogP contribution in [0.4, 0.5) is 17.6 Å². The van der Waals surface area contributed by atoms with Crippen molar-refractivity contribution in [3.05, 3.63) is 53.0 Å². The van der Waals surface area contributed by atoms with Crippen LogP contribution >= 0.6 is 0 Å². The fourth-order valence-electron chi connectivity index (χ4n) is 2.25. The number of aliphatic imine (C=N–C) groups is 1. The average molecular weight is 428 g/mol. The molecule has 0 fully saturated rings. The molecule has 0 aliphatic heterocycles. The van der Waals surface area contributed by atoms with E-state index in [1.165, 1.54) is 32.2 Å². The van der Waals surface area contributed by atoms with Gasteiger partial charge in [0.1, 0.15) is 12.4 Å². The van der Waals surface area contributed by atoms with Crippen LogP contribution in [0.3, 0.4) is 0 Å². The lowest BCUT2D eigenvalue weighted by Gasteiger charge is -2.12. The van der Waals surface area contributed by atoms with E-state index in [0.29, 0.717) is 11.3 Å². The molecule has 1 aromatic rings. The van der Waals surface area contributed by atoms with Gasteiger partial charge >= 0.3 is 6.18 Å². The standard InChI is InChI=1S/C20H24F4N4O2/c1-12(2)18(14-6-5-7-15(21)8-14)28-17(30-4)10-27-19(29)16(13(3)25)9-26-11-20(22,23)24/h5-9,25-26H,10-11H2,1-4H3,(H,27,29)/b16-9+,25-13?,28-17-. The lowest BCUT2D eigenvalue weighted by atomic mass is 10.1. The smallest absolute Gasteiger partial charge is 0.405 e. The highest BCUT2D eigenvalue weighted by Gasteiger charge is 2.26. The molecule has 0 heterocycles. The first-order valence-corrected chi connectivity index (χ1v) is 8.83. The normalized spacial score (nSPS) is 12.3. The van der Waals surface area contributed by atoms with Gasteiger partial charge in [-0.3, -0.25) is 4.79 Å². The van der Waals surface area contributed by atoms with Crippen LogP contribution in [0.15, 0.2) is 46.6 Å². The van der Waals surface area contributed by atoms with Gasteiger partial charge in [0, 0.05) is 17.5 Å². The van der Waals surface area contributed by atoms with Crippen molar-refractivity contribution in [2.24, 2.45) is 4.99 Å². The molecule has 1 rings (SSSR count). The number of carbonyl (C=O) groups is 1. The minimum absolute atomic E-state index is 0.0917. The van der Waals surface area contributed by atoms with Crippen LogP contribution in [0.1, 0.15) is 26.3 Å². The molecule has 0 unspecified atom stereocenters. The van der Waals surface area contributed by atoms with E-state index < -0.39 is 24.4 Å². The molecule has 0 radical (unpaired) electrons. The van der Waals surface area contributed by atoms with Gasteiger partial charge in [-0.05, 0) is 38.5 Å². The van der Waals surface area contributed by atoms with Crippen LogP contribution in [-0.4, -0.2) is 43.9 Å². The molecule has 0 aliphatic carbocycles. The molecular formula is C20H24F4N4O2. The molecule has 30 heavy (non-hydrogen) atoms. The fourth-order valence-corrected chi connectivity index (χ4v) is 2.25. The number of halogens is 4. The molecule has 0 bridgehead atoms. The number of carbonyl (C=O) groups excluding carboxylic acids is 1. The van der Waals surface area contributed by atoms with Crippen molar-refractivity contribution in [3.8, 4) is 0 Å². The van der Waals surface area contributed by atoms with Crippen LogP contribution in [0.5, 0.6) is 0 Å². The second-order valence-corrected chi connectivity index (χ2v) is 6.43. The number of benzene rings is 1. The summed E-state index contributed by atoms with van der Waals surface area (Å²) in [5, 5.41) is 12.0. The summed E-state index contributed by atoms with van der Waals surface area (Å²) in [7, 11) is 1.34. The summed E-state index contributed by atoms with van der Waals surface area (Å²) in [5.74, 6) is -1.11. The van der Waals surface area contributed by atoms with Gasteiger partial charge in [0.2, 0.25) is 5.90 Å². The molecule has 1 amide bonds. The summed E-state index contributed by atoms with van der Waals surface area (Å²) in [4.78, 5) is 16.6. The number of rotatable bonds is 8. The average Bonchev–Trinajstić information content (AvgIpc) is 2.63. The van der Waals surface area contributed by atoms with Gasteiger partial charge in [-0.1, -0.05) is 12.1 Å². The minimum atomic E-state index is -4.46. The Morgan fingerprint density at radius 1 is 1.27 bits per heavy atom. The number of methoxy groups -OCH3 is 1. The monoisotopic (exact) mass is 428 g/mol. The number of allylic oxidation sites excluding steroid dienone is 1. The maximum Gasteiger partial charge on any atom is 0.405 e. The fraction of sp³-hybridized carbons (Fsp3) is 0.350. The Morgan fingerprint density at radius 2 is 1.93 bits per heavy atom. The summed E-state index contributed by atoms with van der Waals surface area (Å²) < 4.78 is 55.5. The molecule has 0 aromatic heterocycles. The van der Waals surface area contributed by atoms with E-state index >= 15 is 0 Å². The van der Waals surface area contributed by atoms with Crippen molar-refractivity contribution in [1.29, 1.82) is 5.41 Å². The van der Waals surface area contributed by atoms with Gasteiger partial charge in [0.25, 0.3) is 5.91 Å². The highest BCUT2D eigenvalue weighted by Crippen LogP contribution is 2.21. The number of hydrogen-bond donors (Lipinski definition) is 3. The van der Waals surface area contributed by atoms with E-state index in [4.69, 9.17) is 10.1 Å². The zero-order valence-corrected chi connectivity index (χ0v) is 17.1. The van der Waals surface area contributed by atoms with Crippen molar-refractivity contribution >= 4 is 23.2 Å². The topological polar surface area (TPSA) is 86.6 Å². The summed E-state index contributed by atoms with van der Waals surface area (Å²) in [6, 6.07) is 5.82. The first kappa shape index (κ1) is 24.9. The SMILES string of the molecule is CO/C(CNC(=O)/C(=C/NCC(F)(F)F)C(C)=N)=N\C(=C(C)C)c1cccc(F)c1. The summed E-state index contributed by atoms with van der Waals surface area (Å²) in [6.07, 6.45) is -3.62. The third-order valence-corrected chi connectivity index (χ3v) is 3.64. The van der Waals surface area contributed by atoms with E-state index in [0.717, 1.165) is 11.8 Å². The second kappa shape index (κ2) is 11.1. The first-order chi connectivity index (χ1) is 13.9. The molecule has 1 aromatic carbocycles. The van der Waals surface area contributed by atoms with Gasteiger partial charge < -0.3 is 20.8 Å². The predicted octanol–water partition coefficient (Wildman–Crippen LogP) is 3.81. The Hall–Kier alpha value is -3.17. The van der Waals surface area contributed by atoms with E-state index in [2.05, 4.69) is 10.3 Å². The van der Waals surface area contributed by atoms with Gasteiger partial charge in [0.15, 0.2) is 0 Å². The van der Waals surface area contributed by atoms with E-state index in [1.807, 2.05) is 5.32 Å². The van der Waals surface area contributed by atoms with Crippen molar-refractivity contribution in [2.75, 3.05) is 20.2 Å². The molecule has 6 nitrogen and oxygen atoms in total. The molecular weight excluding hydrogens is 404 g/mol. The number of amides is 1.